The lowest BCUT2D eigenvalue weighted by atomic mass is 10.0. The number of nitrogens with one attached hydrogen (secondary N) is 1. The monoisotopic (exact) mass is 366 g/mol. The fraction of sp³-hybridized carbons (Fsp3) is 0.300. The molecule has 0 aliphatic carbocycles. The molecule has 26 heavy (non-hydrogen) atoms. The Kier molecular flexibility index (Phi) is 4.86. The second-order valence-electron chi connectivity index (χ2n) is 6.75. The quantitative estimate of drug-likeness (QED) is 0.725. The number of hydrogen-bond donors (Lipinski definition) is 2. The van der Waals surface area contributed by atoms with E-state index in [1.807, 2.05) is 12.1 Å². The standard InChI is InChI=1S/C20H22N4OS/c21-19(25)15-6-7-17-18(12-15)26-20(23-17)22-16-8-10-24(11-9-16)13-14-4-2-1-3-5-14/h1-7,12,16H,8-11,13H2,(H2,21,25)(H,22,23). The molecular formula is C20H22N4OS. The number of primary amides is 1. The molecule has 4 rings (SSSR count). The van der Waals surface area contributed by atoms with Crippen LogP contribution in [-0.2, 0) is 6.54 Å². The van der Waals surface area contributed by atoms with E-state index in [0.29, 0.717) is 11.6 Å². The van der Waals surface area contributed by atoms with Gasteiger partial charge < -0.3 is 11.1 Å². The minimum Gasteiger partial charge on any atom is -0.366 e. The van der Waals surface area contributed by atoms with Crippen LogP contribution in [0.15, 0.2) is 48.5 Å². The Morgan fingerprint density at radius 1 is 1.19 bits per heavy atom. The summed E-state index contributed by atoms with van der Waals surface area (Å²) in [6.07, 6.45) is 2.21. The number of piperidine rings is 1. The van der Waals surface area contributed by atoms with E-state index in [9.17, 15) is 4.79 Å². The third-order valence-corrected chi connectivity index (χ3v) is 5.79. The first-order valence-corrected chi connectivity index (χ1v) is 9.72. The van der Waals surface area contributed by atoms with E-state index < -0.39 is 5.91 Å². The van der Waals surface area contributed by atoms with Gasteiger partial charge in [-0.1, -0.05) is 41.7 Å². The Hall–Kier alpha value is -2.44. The first-order chi connectivity index (χ1) is 12.7. The number of aromatic nitrogens is 1. The summed E-state index contributed by atoms with van der Waals surface area (Å²) in [6, 6.07) is 16.5. The van der Waals surface area contributed by atoms with Crippen LogP contribution < -0.4 is 11.1 Å². The number of fused-ring (bicyclic) bond motifs is 1. The Morgan fingerprint density at radius 3 is 2.69 bits per heavy atom. The van der Waals surface area contributed by atoms with Crippen molar-refractivity contribution in [2.45, 2.75) is 25.4 Å². The van der Waals surface area contributed by atoms with Gasteiger partial charge in [0.15, 0.2) is 5.13 Å². The second kappa shape index (κ2) is 7.43. The smallest absolute Gasteiger partial charge is 0.248 e. The molecule has 3 aromatic rings. The number of carbonyl (C=O) groups excluding carboxylic acids is 1. The molecule has 0 atom stereocenters. The van der Waals surface area contributed by atoms with Crippen LogP contribution >= 0.6 is 11.3 Å². The Labute approximate surface area is 156 Å². The minimum absolute atomic E-state index is 0.402. The molecule has 1 aliphatic heterocycles. The van der Waals surface area contributed by atoms with Gasteiger partial charge in [0.25, 0.3) is 0 Å². The van der Waals surface area contributed by atoms with Gasteiger partial charge in [0.1, 0.15) is 0 Å². The molecule has 6 heteroatoms. The number of rotatable bonds is 5. The third kappa shape index (κ3) is 3.86. The maximum atomic E-state index is 11.3. The third-order valence-electron chi connectivity index (χ3n) is 4.84. The van der Waals surface area contributed by atoms with Gasteiger partial charge in [-0.15, -0.1) is 0 Å². The van der Waals surface area contributed by atoms with Crippen molar-refractivity contribution in [3.63, 3.8) is 0 Å². The molecule has 5 nitrogen and oxygen atoms in total. The van der Waals surface area contributed by atoms with E-state index in [4.69, 9.17) is 5.73 Å². The van der Waals surface area contributed by atoms with Gasteiger partial charge >= 0.3 is 0 Å². The lowest BCUT2D eigenvalue weighted by Gasteiger charge is -2.32. The van der Waals surface area contributed by atoms with Crippen LogP contribution in [0, 0.1) is 0 Å². The molecular weight excluding hydrogens is 344 g/mol. The molecule has 2 aromatic carbocycles. The molecule has 2 heterocycles. The molecule has 1 amide bonds. The van der Waals surface area contributed by atoms with E-state index in [-0.39, 0.29) is 0 Å². The van der Waals surface area contributed by atoms with Crippen LogP contribution in [-0.4, -0.2) is 34.9 Å². The molecule has 0 bridgehead atoms. The molecule has 0 unspecified atom stereocenters. The van der Waals surface area contributed by atoms with Crippen molar-refractivity contribution in [3.05, 3.63) is 59.7 Å². The summed E-state index contributed by atoms with van der Waals surface area (Å²) in [5.41, 5.74) is 8.16. The summed E-state index contributed by atoms with van der Waals surface area (Å²) in [5.74, 6) is -0.402. The molecule has 1 saturated heterocycles. The summed E-state index contributed by atoms with van der Waals surface area (Å²) in [5, 5.41) is 4.49. The molecule has 134 valence electrons. The summed E-state index contributed by atoms with van der Waals surface area (Å²) >= 11 is 1.58. The van der Waals surface area contributed by atoms with E-state index in [2.05, 4.69) is 45.5 Å². The second-order valence-corrected chi connectivity index (χ2v) is 7.78. The van der Waals surface area contributed by atoms with Crippen molar-refractivity contribution in [1.29, 1.82) is 0 Å². The van der Waals surface area contributed by atoms with Gasteiger partial charge in [0.2, 0.25) is 5.91 Å². The van der Waals surface area contributed by atoms with E-state index in [1.54, 1.807) is 17.4 Å². The van der Waals surface area contributed by atoms with E-state index in [0.717, 1.165) is 47.8 Å². The van der Waals surface area contributed by atoms with Crippen molar-refractivity contribution in [3.8, 4) is 0 Å². The molecule has 1 aliphatic rings. The van der Waals surface area contributed by atoms with Crippen molar-refractivity contribution < 1.29 is 4.79 Å². The van der Waals surface area contributed by atoms with Crippen LogP contribution in [0.1, 0.15) is 28.8 Å². The van der Waals surface area contributed by atoms with Gasteiger partial charge in [-0.05, 0) is 36.6 Å². The molecule has 0 radical (unpaired) electrons. The lowest BCUT2D eigenvalue weighted by Crippen LogP contribution is -2.38. The maximum absolute atomic E-state index is 11.3. The maximum Gasteiger partial charge on any atom is 0.248 e. The number of amides is 1. The number of anilines is 1. The normalized spacial score (nSPS) is 16.0. The van der Waals surface area contributed by atoms with Gasteiger partial charge in [-0.3, -0.25) is 9.69 Å². The first-order valence-electron chi connectivity index (χ1n) is 8.90. The number of thiazole rings is 1. The topological polar surface area (TPSA) is 71.2 Å². The fourth-order valence-electron chi connectivity index (χ4n) is 3.39. The number of nitrogens with zero attached hydrogens (tertiary/aromatic N) is 2. The number of carbonyl (C=O) groups is 1. The van der Waals surface area contributed by atoms with Crippen LogP contribution in [0.4, 0.5) is 5.13 Å². The van der Waals surface area contributed by atoms with Crippen molar-refractivity contribution >= 4 is 32.6 Å². The summed E-state index contributed by atoms with van der Waals surface area (Å²) in [7, 11) is 0. The average molecular weight is 366 g/mol. The number of likely N-dealkylation sites (tertiary alicyclic amines) is 1. The first kappa shape index (κ1) is 17.0. The van der Waals surface area contributed by atoms with Gasteiger partial charge in [-0.2, -0.15) is 0 Å². The van der Waals surface area contributed by atoms with Crippen molar-refractivity contribution in [1.82, 2.24) is 9.88 Å². The molecule has 1 aromatic heterocycles. The molecule has 1 fully saturated rings. The molecule has 3 N–H and O–H groups in total. The summed E-state index contributed by atoms with van der Waals surface area (Å²) < 4.78 is 0.991. The molecule has 0 spiro atoms. The predicted octanol–water partition coefficient (Wildman–Crippen LogP) is 3.47. The highest BCUT2D eigenvalue weighted by Crippen LogP contribution is 2.28. The Balaban J connectivity index is 1.35. The highest BCUT2D eigenvalue weighted by atomic mass is 32.1. The zero-order valence-corrected chi connectivity index (χ0v) is 15.3. The van der Waals surface area contributed by atoms with Gasteiger partial charge in [0.05, 0.1) is 10.2 Å². The zero-order valence-electron chi connectivity index (χ0n) is 14.5. The number of benzene rings is 2. The van der Waals surface area contributed by atoms with Gasteiger partial charge in [-0.25, -0.2) is 4.98 Å². The van der Waals surface area contributed by atoms with Crippen LogP contribution in [0.3, 0.4) is 0 Å². The van der Waals surface area contributed by atoms with E-state index >= 15 is 0 Å². The highest BCUT2D eigenvalue weighted by Gasteiger charge is 2.20. The van der Waals surface area contributed by atoms with Crippen LogP contribution in [0.25, 0.3) is 10.2 Å². The number of hydrogen-bond acceptors (Lipinski definition) is 5. The lowest BCUT2D eigenvalue weighted by molar-refractivity contribution is 0.100. The largest absolute Gasteiger partial charge is 0.366 e. The van der Waals surface area contributed by atoms with Crippen LogP contribution in [0.5, 0.6) is 0 Å². The predicted molar refractivity (Wildman–Crippen MR) is 107 cm³/mol. The summed E-state index contributed by atoms with van der Waals surface area (Å²) in [4.78, 5) is 18.5. The highest BCUT2D eigenvalue weighted by molar-refractivity contribution is 7.22. The Morgan fingerprint density at radius 2 is 1.96 bits per heavy atom. The molecule has 0 saturated carbocycles. The number of nitrogens with two attached hydrogens (primary N) is 1. The Bertz CT molecular complexity index is 901. The zero-order chi connectivity index (χ0) is 17.9. The van der Waals surface area contributed by atoms with Crippen molar-refractivity contribution in [2.75, 3.05) is 18.4 Å². The fourth-order valence-corrected chi connectivity index (χ4v) is 4.37. The average Bonchev–Trinajstić information content (AvgIpc) is 3.05. The SMILES string of the molecule is NC(=O)c1ccc2nc(NC3CCN(Cc4ccccc4)CC3)sc2c1. The van der Waals surface area contributed by atoms with Gasteiger partial charge in [0, 0.05) is 31.2 Å². The van der Waals surface area contributed by atoms with Crippen LogP contribution in [0.2, 0.25) is 0 Å². The summed E-state index contributed by atoms with van der Waals surface area (Å²) in [6.45, 7) is 3.19. The minimum atomic E-state index is -0.402. The van der Waals surface area contributed by atoms with E-state index in [1.165, 1.54) is 5.56 Å². The van der Waals surface area contributed by atoms with Crippen molar-refractivity contribution in [2.24, 2.45) is 5.73 Å².